The van der Waals surface area contributed by atoms with Gasteiger partial charge in [0.25, 0.3) is 5.91 Å². The van der Waals surface area contributed by atoms with Gasteiger partial charge < -0.3 is 30.3 Å². The van der Waals surface area contributed by atoms with Crippen LogP contribution in [0.4, 0.5) is 22.4 Å². The first-order valence-electron chi connectivity index (χ1n) is 10.8. The molecule has 0 aliphatic rings. The Morgan fingerprint density at radius 2 is 1.62 bits per heavy atom. The summed E-state index contributed by atoms with van der Waals surface area (Å²) in [4.78, 5) is 36.9. The van der Waals surface area contributed by atoms with E-state index in [1.54, 1.807) is 20.8 Å². The third kappa shape index (κ3) is 9.95. The van der Waals surface area contributed by atoms with E-state index in [-0.39, 0.29) is 12.0 Å². The zero-order valence-corrected chi connectivity index (χ0v) is 20.0. The maximum Gasteiger partial charge on any atom is 0.573 e. The van der Waals surface area contributed by atoms with Gasteiger partial charge in [-0.3, -0.25) is 4.79 Å². The highest BCUT2D eigenvalue weighted by atomic mass is 19.4. The zero-order valence-electron chi connectivity index (χ0n) is 20.0. The van der Waals surface area contributed by atoms with Crippen molar-refractivity contribution in [3.63, 3.8) is 0 Å². The number of carbonyl (C=O) groups is 3. The minimum atomic E-state index is -5.03. The Hall–Kier alpha value is -3.87. The molecular weight excluding hydrogens is 504 g/mol. The molecule has 37 heavy (non-hydrogen) atoms. The lowest BCUT2D eigenvalue weighted by molar-refractivity contribution is -0.274. The molecule has 0 unspecified atom stereocenters. The predicted molar refractivity (Wildman–Crippen MR) is 121 cm³/mol. The molecule has 2 amide bonds. The summed E-state index contributed by atoms with van der Waals surface area (Å²) >= 11 is 0. The Kier molecular flexibility index (Phi) is 9.45. The van der Waals surface area contributed by atoms with Gasteiger partial charge in [-0.1, -0.05) is 24.3 Å². The Morgan fingerprint density at radius 3 is 2.16 bits per heavy atom. The fourth-order valence-electron chi connectivity index (χ4n) is 3.16. The molecule has 202 valence electrons. The molecule has 13 heteroatoms. The van der Waals surface area contributed by atoms with Crippen LogP contribution in [0.1, 0.15) is 37.9 Å². The summed E-state index contributed by atoms with van der Waals surface area (Å²) < 4.78 is 59.8. The molecule has 4 N–H and O–H groups in total. The highest BCUT2D eigenvalue weighted by molar-refractivity contribution is 5.88. The SMILES string of the molecule is CC(C)(C)OC(=O)N[C@H](Cc1ccc(F)cc1)[C@H](O)C(=O)N[C@@H](C(=O)O)c1cccc(OC(F)(F)F)c1. The van der Waals surface area contributed by atoms with Gasteiger partial charge in [0.2, 0.25) is 0 Å². The maximum absolute atomic E-state index is 13.3. The zero-order chi connectivity index (χ0) is 28.0. The summed E-state index contributed by atoms with van der Waals surface area (Å²) in [5.41, 5.74) is -0.776. The van der Waals surface area contributed by atoms with Crippen molar-refractivity contribution >= 4 is 18.0 Å². The number of carbonyl (C=O) groups excluding carboxylic acids is 2. The Morgan fingerprint density at radius 1 is 1.00 bits per heavy atom. The van der Waals surface area contributed by atoms with Crippen molar-refractivity contribution in [2.45, 2.75) is 57.3 Å². The van der Waals surface area contributed by atoms with E-state index >= 15 is 0 Å². The quantitative estimate of drug-likeness (QED) is 0.365. The lowest BCUT2D eigenvalue weighted by atomic mass is 9.99. The molecular formula is C24H26F4N2O7. The molecule has 0 saturated carbocycles. The van der Waals surface area contributed by atoms with E-state index in [1.807, 2.05) is 5.32 Å². The van der Waals surface area contributed by atoms with E-state index in [0.29, 0.717) is 5.56 Å². The van der Waals surface area contributed by atoms with Crippen LogP contribution in [0.3, 0.4) is 0 Å². The first kappa shape index (κ1) is 29.4. The van der Waals surface area contributed by atoms with Crippen LogP contribution >= 0.6 is 0 Å². The third-order valence-corrected chi connectivity index (χ3v) is 4.68. The number of ether oxygens (including phenoxy) is 2. The number of amides is 2. The first-order valence-corrected chi connectivity index (χ1v) is 10.8. The Bertz CT molecular complexity index is 1100. The van der Waals surface area contributed by atoms with Crippen LogP contribution in [0.25, 0.3) is 0 Å². The van der Waals surface area contributed by atoms with Crippen LogP contribution in [-0.2, 0) is 20.7 Å². The summed E-state index contributed by atoms with van der Waals surface area (Å²) in [7, 11) is 0. The van der Waals surface area contributed by atoms with Crippen molar-refractivity contribution < 1.29 is 51.6 Å². The molecule has 0 aliphatic heterocycles. The smallest absolute Gasteiger partial charge is 0.479 e. The van der Waals surface area contributed by atoms with Gasteiger partial charge in [0, 0.05) is 0 Å². The standard InChI is InChI=1S/C24H26F4N2O7/c1-23(2,3)37-22(35)29-17(11-13-7-9-15(25)10-8-13)19(31)20(32)30-18(21(33)34)14-5-4-6-16(12-14)36-24(26,27)28/h4-10,12,17-19,31H,11H2,1-3H3,(H,29,35)(H,30,32)(H,33,34)/t17-,18-,19+/m1/s1. The van der Waals surface area contributed by atoms with Crippen LogP contribution in [-0.4, -0.2) is 52.3 Å². The molecule has 0 saturated heterocycles. The number of benzene rings is 2. The topological polar surface area (TPSA) is 134 Å². The first-order chi connectivity index (χ1) is 17.0. The number of alkyl halides is 3. The molecule has 0 fully saturated rings. The maximum atomic E-state index is 13.3. The molecule has 0 heterocycles. The number of halogens is 4. The van der Waals surface area contributed by atoms with Crippen molar-refractivity contribution in [2.24, 2.45) is 0 Å². The van der Waals surface area contributed by atoms with Crippen molar-refractivity contribution in [1.29, 1.82) is 0 Å². The Labute approximate surface area is 209 Å². The molecule has 2 rings (SSSR count). The summed E-state index contributed by atoms with van der Waals surface area (Å²) in [6.45, 7) is 4.75. The van der Waals surface area contributed by atoms with Crippen molar-refractivity contribution in [3.8, 4) is 5.75 Å². The molecule has 0 bridgehead atoms. The molecule has 2 aromatic carbocycles. The fourth-order valence-corrected chi connectivity index (χ4v) is 3.16. The van der Waals surface area contributed by atoms with Crippen LogP contribution < -0.4 is 15.4 Å². The normalized spacial score (nSPS) is 14.2. The summed E-state index contributed by atoms with van der Waals surface area (Å²) in [6.07, 6.45) is -8.23. The monoisotopic (exact) mass is 530 g/mol. The second-order valence-electron chi connectivity index (χ2n) is 8.93. The number of carboxylic acids is 1. The average molecular weight is 530 g/mol. The lowest BCUT2D eigenvalue weighted by Crippen LogP contribution is -2.53. The van der Waals surface area contributed by atoms with Gasteiger partial charge in [0.05, 0.1) is 6.04 Å². The third-order valence-electron chi connectivity index (χ3n) is 4.68. The van der Waals surface area contributed by atoms with Gasteiger partial charge >= 0.3 is 18.4 Å². The number of alkyl carbamates (subject to hydrolysis) is 1. The number of aliphatic carboxylic acids is 1. The van der Waals surface area contributed by atoms with Gasteiger partial charge in [-0.15, -0.1) is 13.2 Å². The van der Waals surface area contributed by atoms with Crippen molar-refractivity contribution in [1.82, 2.24) is 10.6 Å². The van der Waals surface area contributed by atoms with E-state index in [4.69, 9.17) is 4.74 Å². The van der Waals surface area contributed by atoms with Crippen LogP contribution in [0.2, 0.25) is 0 Å². The highest BCUT2D eigenvalue weighted by Crippen LogP contribution is 2.26. The average Bonchev–Trinajstić information content (AvgIpc) is 2.75. The largest absolute Gasteiger partial charge is 0.573 e. The second-order valence-corrected chi connectivity index (χ2v) is 8.93. The minimum Gasteiger partial charge on any atom is -0.479 e. The van der Waals surface area contributed by atoms with Crippen LogP contribution in [0.5, 0.6) is 5.75 Å². The summed E-state index contributed by atoms with van der Waals surface area (Å²) in [5, 5.41) is 24.7. The van der Waals surface area contributed by atoms with Crippen molar-refractivity contribution in [3.05, 3.63) is 65.5 Å². The molecule has 9 nitrogen and oxygen atoms in total. The molecule has 0 radical (unpaired) electrons. The molecule has 0 aromatic heterocycles. The van der Waals surface area contributed by atoms with Gasteiger partial charge in [-0.25, -0.2) is 14.0 Å². The number of hydrogen-bond acceptors (Lipinski definition) is 6. The Balaban J connectivity index is 2.26. The second kappa shape index (κ2) is 11.9. The van der Waals surface area contributed by atoms with E-state index in [0.717, 1.165) is 36.4 Å². The minimum absolute atomic E-state index is 0.180. The van der Waals surface area contributed by atoms with Crippen LogP contribution in [0, 0.1) is 5.82 Å². The van der Waals surface area contributed by atoms with Gasteiger partial charge in [0.1, 0.15) is 17.2 Å². The lowest BCUT2D eigenvalue weighted by Gasteiger charge is -2.27. The molecule has 0 aliphatic carbocycles. The predicted octanol–water partition coefficient (Wildman–Crippen LogP) is 3.46. The van der Waals surface area contributed by atoms with Gasteiger partial charge in [-0.05, 0) is 62.6 Å². The van der Waals surface area contributed by atoms with Gasteiger partial charge in [-0.2, -0.15) is 0 Å². The van der Waals surface area contributed by atoms with Crippen molar-refractivity contribution in [2.75, 3.05) is 0 Å². The number of hydrogen-bond donors (Lipinski definition) is 4. The molecule has 0 spiro atoms. The summed E-state index contributed by atoms with van der Waals surface area (Å²) in [6, 6.07) is 5.70. The number of rotatable bonds is 9. The van der Waals surface area contributed by atoms with Gasteiger partial charge in [0.15, 0.2) is 12.1 Å². The van der Waals surface area contributed by atoms with E-state index < -0.39 is 59.7 Å². The van der Waals surface area contributed by atoms with E-state index in [2.05, 4.69) is 10.1 Å². The van der Waals surface area contributed by atoms with E-state index in [9.17, 15) is 42.2 Å². The molecule has 2 aromatic rings. The number of carboxylic acid groups (broad SMARTS) is 1. The van der Waals surface area contributed by atoms with Crippen LogP contribution in [0.15, 0.2) is 48.5 Å². The highest BCUT2D eigenvalue weighted by Gasteiger charge is 2.34. The molecule has 3 atom stereocenters. The number of aliphatic hydroxyl groups is 1. The number of aliphatic hydroxyl groups excluding tert-OH is 1. The summed E-state index contributed by atoms with van der Waals surface area (Å²) in [5.74, 6) is -4.15. The fraction of sp³-hybridized carbons (Fsp3) is 0.375. The number of nitrogens with one attached hydrogen (secondary N) is 2. The van der Waals surface area contributed by atoms with E-state index in [1.165, 1.54) is 12.1 Å².